The van der Waals surface area contributed by atoms with Crippen molar-refractivity contribution >= 4 is 11.0 Å². The molecule has 6 heteroatoms. The van der Waals surface area contributed by atoms with Crippen molar-refractivity contribution in [2.75, 3.05) is 27.9 Å². The van der Waals surface area contributed by atoms with Crippen LogP contribution in [0.3, 0.4) is 0 Å². The predicted octanol–water partition coefficient (Wildman–Crippen LogP) is 4.16. The van der Waals surface area contributed by atoms with Gasteiger partial charge in [-0.3, -0.25) is 4.90 Å². The Labute approximate surface area is 169 Å². The Morgan fingerprint density at radius 1 is 1.00 bits per heavy atom. The van der Waals surface area contributed by atoms with E-state index in [1.807, 2.05) is 30.3 Å². The molecule has 0 aliphatic carbocycles. The highest BCUT2D eigenvalue weighted by atomic mass is 16.5. The van der Waals surface area contributed by atoms with Gasteiger partial charge in [-0.1, -0.05) is 0 Å². The minimum atomic E-state index is -0.351. The number of ether oxygens (including phenoxy) is 3. The molecular weight excluding hydrogens is 370 g/mol. The number of methoxy groups -OCH3 is 3. The normalized spacial score (nSPS) is 16.9. The Morgan fingerprint density at radius 2 is 1.76 bits per heavy atom. The van der Waals surface area contributed by atoms with Crippen LogP contribution in [-0.2, 0) is 6.54 Å². The Kier molecular flexibility index (Phi) is 5.45. The van der Waals surface area contributed by atoms with Gasteiger partial charge < -0.3 is 18.6 Å². The molecule has 0 bridgehead atoms. The van der Waals surface area contributed by atoms with Crippen molar-refractivity contribution in [3.05, 3.63) is 64.0 Å². The van der Waals surface area contributed by atoms with Crippen LogP contribution in [0.4, 0.5) is 0 Å². The van der Waals surface area contributed by atoms with E-state index in [1.54, 1.807) is 33.5 Å². The number of fused-ring (bicyclic) bond motifs is 1. The molecule has 1 atom stereocenters. The van der Waals surface area contributed by atoms with Gasteiger partial charge in [0.25, 0.3) is 0 Å². The molecule has 152 valence electrons. The SMILES string of the molecule is COc1ccc(OC)c([C@H]2CCCN2Cc2cc(=O)oc3cc(OC)ccc23)c1. The Morgan fingerprint density at radius 3 is 2.52 bits per heavy atom. The summed E-state index contributed by atoms with van der Waals surface area (Å²) in [6.45, 7) is 1.60. The van der Waals surface area contributed by atoms with E-state index in [0.717, 1.165) is 47.4 Å². The van der Waals surface area contributed by atoms with Crippen LogP contribution in [-0.4, -0.2) is 32.8 Å². The summed E-state index contributed by atoms with van der Waals surface area (Å²) in [6, 6.07) is 13.3. The van der Waals surface area contributed by atoms with Crippen LogP contribution in [0.5, 0.6) is 17.2 Å². The molecule has 1 aromatic heterocycles. The van der Waals surface area contributed by atoms with Gasteiger partial charge in [-0.15, -0.1) is 0 Å². The van der Waals surface area contributed by atoms with Gasteiger partial charge in [-0.25, -0.2) is 4.79 Å². The molecule has 2 aromatic carbocycles. The zero-order chi connectivity index (χ0) is 20.4. The minimum absolute atomic E-state index is 0.195. The first-order valence-corrected chi connectivity index (χ1v) is 9.69. The summed E-state index contributed by atoms with van der Waals surface area (Å²) in [7, 11) is 4.95. The van der Waals surface area contributed by atoms with Gasteiger partial charge in [0.2, 0.25) is 0 Å². The topological polar surface area (TPSA) is 61.1 Å². The number of benzene rings is 2. The molecule has 1 saturated heterocycles. The molecule has 29 heavy (non-hydrogen) atoms. The van der Waals surface area contributed by atoms with Gasteiger partial charge >= 0.3 is 5.63 Å². The lowest BCUT2D eigenvalue weighted by Gasteiger charge is -2.27. The average Bonchev–Trinajstić information content (AvgIpc) is 3.20. The van der Waals surface area contributed by atoms with Crippen LogP contribution in [0.15, 0.2) is 51.7 Å². The quantitative estimate of drug-likeness (QED) is 0.584. The van der Waals surface area contributed by atoms with E-state index in [-0.39, 0.29) is 11.7 Å². The second kappa shape index (κ2) is 8.17. The van der Waals surface area contributed by atoms with Crippen LogP contribution < -0.4 is 19.8 Å². The summed E-state index contributed by atoms with van der Waals surface area (Å²) in [5, 5.41) is 0.925. The summed E-state index contributed by atoms with van der Waals surface area (Å²) < 4.78 is 21.7. The van der Waals surface area contributed by atoms with Crippen LogP contribution in [0.1, 0.15) is 30.0 Å². The van der Waals surface area contributed by atoms with E-state index >= 15 is 0 Å². The monoisotopic (exact) mass is 395 g/mol. The fourth-order valence-corrected chi connectivity index (χ4v) is 4.15. The predicted molar refractivity (Wildman–Crippen MR) is 111 cm³/mol. The van der Waals surface area contributed by atoms with Crippen LogP contribution in [0, 0.1) is 0 Å². The molecule has 0 spiro atoms. The standard InChI is InChI=1S/C23H25NO5/c1-26-16-7-9-21(28-3)19(12-16)20-5-4-10-24(20)14-15-11-23(25)29-22-13-17(27-2)6-8-18(15)22/h6-9,11-13,20H,4-5,10,14H2,1-3H3/t20-/m1/s1. The second-order valence-corrected chi connectivity index (χ2v) is 7.19. The van der Waals surface area contributed by atoms with Gasteiger partial charge in [0, 0.05) is 35.7 Å². The first-order chi connectivity index (χ1) is 14.1. The maximum Gasteiger partial charge on any atom is 0.336 e. The summed E-state index contributed by atoms with van der Waals surface area (Å²) in [6.07, 6.45) is 2.11. The third kappa shape index (κ3) is 3.80. The molecule has 1 fully saturated rings. The highest BCUT2D eigenvalue weighted by Crippen LogP contribution is 2.40. The zero-order valence-electron chi connectivity index (χ0n) is 16.9. The van der Waals surface area contributed by atoms with Crippen molar-refractivity contribution in [2.45, 2.75) is 25.4 Å². The molecule has 3 aromatic rings. The molecule has 1 aliphatic heterocycles. The Balaban J connectivity index is 1.70. The van der Waals surface area contributed by atoms with Crippen LogP contribution >= 0.6 is 0 Å². The Hall–Kier alpha value is -2.99. The number of hydrogen-bond acceptors (Lipinski definition) is 6. The first kappa shape index (κ1) is 19.3. The fourth-order valence-electron chi connectivity index (χ4n) is 4.15. The minimum Gasteiger partial charge on any atom is -0.497 e. The molecule has 0 N–H and O–H groups in total. The Bertz CT molecular complexity index is 1070. The van der Waals surface area contributed by atoms with E-state index in [0.29, 0.717) is 17.9 Å². The highest BCUT2D eigenvalue weighted by Gasteiger charge is 2.29. The fraction of sp³-hybridized carbons (Fsp3) is 0.348. The van der Waals surface area contributed by atoms with E-state index in [9.17, 15) is 4.79 Å². The maximum absolute atomic E-state index is 12.2. The molecule has 0 amide bonds. The van der Waals surface area contributed by atoms with Crippen LogP contribution in [0.2, 0.25) is 0 Å². The van der Waals surface area contributed by atoms with E-state index < -0.39 is 0 Å². The third-order valence-corrected chi connectivity index (χ3v) is 5.57. The molecule has 6 nitrogen and oxygen atoms in total. The number of nitrogens with zero attached hydrogens (tertiary/aromatic N) is 1. The van der Waals surface area contributed by atoms with Crippen molar-refractivity contribution in [1.29, 1.82) is 0 Å². The number of hydrogen-bond donors (Lipinski definition) is 0. The van der Waals surface area contributed by atoms with Crippen molar-refractivity contribution in [2.24, 2.45) is 0 Å². The molecule has 2 heterocycles. The summed E-state index contributed by atoms with van der Waals surface area (Å²) >= 11 is 0. The molecule has 1 aliphatic rings. The second-order valence-electron chi connectivity index (χ2n) is 7.19. The van der Waals surface area contributed by atoms with Crippen molar-refractivity contribution in [3.63, 3.8) is 0 Å². The number of rotatable bonds is 6. The molecule has 0 saturated carbocycles. The first-order valence-electron chi connectivity index (χ1n) is 9.69. The van der Waals surface area contributed by atoms with Gasteiger partial charge in [0.1, 0.15) is 22.8 Å². The molecule has 0 unspecified atom stereocenters. The molecular formula is C23H25NO5. The maximum atomic E-state index is 12.2. The largest absolute Gasteiger partial charge is 0.497 e. The lowest BCUT2D eigenvalue weighted by Crippen LogP contribution is -2.24. The number of likely N-dealkylation sites (tertiary alicyclic amines) is 1. The van der Waals surface area contributed by atoms with Crippen LogP contribution in [0.25, 0.3) is 11.0 Å². The van der Waals surface area contributed by atoms with E-state index in [4.69, 9.17) is 18.6 Å². The average molecular weight is 395 g/mol. The van der Waals surface area contributed by atoms with Gasteiger partial charge in [-0.05, 0) is 55.3 Å². The van der Waals surface area contributed by atoms with Crippen molar-refractivity contribution < 1.29 is 18.6 Å². The molecule has 4 rings (SSSR count). The van der Waals surface area contributed by atoms with Gasteiger partial charge in [0.05, 0.1) is 21.3 Å². The summed E-state index contributed by atoms with van der Waals surface area (Å²) in [4.78, 5) is 14.5. The highest BCUT2D eigenvalue weighted by molar-refractivity contribution is 5.81. The summed E-state index contributed by atoms with van der Waals surface area (Å²) in [5.74, 6) is 2.33. The molecule has 0 radical (unpaired) electrons. The summed E-state index contributed by atoms with van der Waals surface area (Å²) in [5.41, 5.74) is 2.25. The van der Waals surface area contributed by atoms with E-state index in [1.165, 1.54) is 0 Å². The zero-order valence-corrected chi connectivity index (χ0v) is 16.9. The van der Waals surface area contributed by atoms with Crippen molar-refractivity contribution in [1.82, 2.24) is 4.90 Å². The van der Waals surface area contributed by atoms with Gasteiger partial charge in [-0.2, -0.15) is 0 Å². The lowest BCUT2D eigenvalue weighted by atomic mass is 10.0. The van der Waals surface area contributed by atoms with Gasteiger partial charge in [0.15, 0.2) is 0 Å². The lowest BCUT2D eigenvalue weighted by molar-refractivity contribution is 0.242. The third-order valence-electron chi connectivity index (χ3n) is 5.57. The van der Waals surface area contributed by atoms with Crippen molar-refractivity contribution in [3.8, 4) is 17.2 Å². The smallest absolute Gasteiger partial charge is 0.336 e. The van der Waals surface area contributed by atoms with E-state index in [2.05, 4.69) is 4.90 Å².